The van der Waals surface area contributed by atoms with Gasteiger partial charge in [-0.2, -0.15) is 0 Å². The van der Waals surface area contributed by atoms with E-state index in [4.69, 9.17) is 11.6 Å². The molecule has 0 atom stereocenters. The van der Waals surface area contributed by atoms with Gasteiger partial charge in [0.15, 0.2) is 0 Å². The summed E-state index contributed by atoms with van der Waals surface area (Å²) in [5.41, 5.74) is 1.75. The normalized spacial score (nSPS) is 16.3. The fraction of sp³-hybridized carbons (Fsp3) is 0.562. The third-order valence-corrected chi connectivity index (χ3v) is 4.24. The lowest BCUT2D eigenvalue weighted by Crippen LogP contribution is -2.32. The SMILES string of the molecule is CN(CC1CCCCC1)C(=O)c1cccc(CCl)c1. The summed E-state index contributed by atoms with van der Waals surface area (Å²) in [5, 5.41) is 0. The van der Waals surface area contributed by atoms with E-state index in [0.29, 0.717) is 11.8 Å². The van der Waals surface area contributed by atoms with Crippen molar-refractivity contribution >= 4 is 17.5 Å². The van der Waals surface area contributed by atoms with Crippen LogP contribution in [0.1, 0.15) is 48.0 Å². The van der Waals surface area contributed by atoms with Crippen molar-refractivity contribution < 1.29 is 4.79 Å². The summed E-state index contributed by atoms with van der Waals surface area (Å²) < 4.78 is 0. The molecule has 2 rings (SSSR count). The molecule has 1 aromatic carbocycles. The number of amides is 1. The van der Waals surface area contributed by atoms with E-state index in [9.17, 15) is 4.79 Å². The van der Waals surface area contributed by atoms with Crippen LogP contribution in [0.4, 0.5) is 0 Å². The van der Waals surface area contributed by atoms with Gasteiger partial charge in [-0.15, -0.1) is 11.6 Å². The second-order valence-electron chi connectivity index (χ2n) is 5.52. The van der Waals surface area contributed by atoms with E-state index in [2.05, 4.69) is 0 Å². The maximum atomic E-state index is 12.4. The Kier molecular flexibility index (Phi) is 5.26. The van der Waals surface area contributed by atoms with Gasteiger partial charge >= 0.3 is 0 Å². The minimum atomic E-state index is 0.109. The summed E-state index contributed by atoms with van der Waals surface area (Å²) in [6.07, 6.45) is 6.51. The lowest BCUT2D eigenvalue weighted by Gasteiger charge is -2.27. The average molecular weight is 280 g/mol. The molecule has 3 heteroatoms. The summed E-state index contributed by atoms with van der Waals surface area (Å²) in [4.78, 5) is 14.2. The smallest absolute Gasteiger partial charge is 0.253 e. The first kappa shape index (κ1) is 14.4. The summed E-state index contributed by atoms with van der Waals surface area (Å²) in [6, 6.07) is 7.62. The van der Waals surface area contributed by atoms with Crippen molar-refractivity contribution in [1.82, 2.24) is 4.90 Å². The van der Waals surface area contributed by atoms with Crippen molar-refractivity contribution in [3.8, 4) is 0 Å². The van der Waals surface area contributed by atoms with Crippen LogP contribution in [0.15, 0.2) is 24.3 Å². The van der Waals surface area contributed by atoms with Crippen LogP contribution in [-0.4, -0.2) is 24.4 Å². The molecule has 104 valence electrons. The minimum absolute atomic E-state index is 0.109. The largest absolute Gasteiger partial charge is 0.341 e. The number of carbonyl (C=O) groups is 1. The summed E-state index contributed by atoms with van der Waals surface area (Å²) in [5.74, 6) is 1.24. The molecule has 0 aliphatic heterocycles. The molecule has 1 amide bonds. The number of rotatable bonds is 4. The molecule has 0 N–H and O–H groups in total. The number of hydrogen-bond acceptors (Lipinski definition) is 1. The quantitative estimate of drug-likeness (QED) is 0.761. The number of nitrogens with zero attached hydrogens (tertiary/aromatic N) is 1. The van der Waals surface area contributed by atoms with Gasteiger partial charge in [0.1, 0.15) is 0 Å². The second kappa shape index (κ2) is 6.95. The number of benzene rings is 1. The third kappa shape index (κ3) is 3.97. The van der Waals surface area contributed by atoms with Crippen LogP contribution in [0.3, 0.4) is 0 Å². The van der Waals surface area contributed by atoms with Crippen LogP contribution in [-0.2, 0) is 5.88 Å². The first-order chi connectivity index (χ1) is 9.20. The maximum Gasteiger partial charge on any atom is 0.253 e. The van der Waals surface area contributed by atoms with Gasteiger partial charge < -0.3 is 4.90 Å². The highest BCUT2D eigenvalue weighted by molar-refractivity contribution is 6.17. The molecule has 0 spiro atoms. The van der Waals surface area contributed by atoms with Gasteiger partial charge in [-0.3, -0.25) is 4.79 Å². The number of alkyl halides is 1. The minimum Gasteiger partial charge on any atom is -0.341 e. The van der Waals surface area contributed by atoms with Crippen LogP contribution in [0.2, 0.25) is 0 Å². The molecule has 19 heavy (non-hydrogen) atoms. The zero-order valence-electron chi connectivity index (χ0n) is 11.6. The van der Waals surface area contributed by atoms with Gasteiger partial charge in [0.05, 0.1) is 0 Å². The molecular formula is C16H22ClNO. The zero-order valence-corrected chi connectivity index (χ0v) is 12.3. The van der Waals surface area contributed by atoms with E-state index in [-0.39, 0.29) is 5.91 Å². The molecule has 0 unspecified atom stereocenters. The van der Waals surface area contributed by atoms with Gasteiger partial charge in [-0.25, -0.2) is 0 Å². The van der Waals surface area contributed by atoms with Gasteiger partial charge in [0.2, 0.25) is 0 Å². The van der Waals surface area contributed by atoms with Crippen molar-refractivity contribution in [2.75, 3.05) is 13.6 Å². The Hall–Kier alpha value is -1.02. The molecule has 0 radical (unpaired) electrons. The van der Waals surface area contributed by atoms with Crippen molar-refractivity contribution in [1.29, 1.82) is 0 Å². The van der Waals surface area contributed by atoms with Gasteiger partial charge in [-0.1, -0.05) is 31.4 Å². The van der Waals surface area contributed by atoms with Crippen molar-refractivity contribution in [3.63, 3.8) is 0 Å². The molecule has 0 bridgehead atoms. The van der Waals surface area contributed by atoms with Crippen LogP contribution in [0.5, 0.6) is 0 Å². The highest BCUT2D eigenvalue weighted by Gasteiger charge is 2.19. The first-order valence-corrected chi connectivity index (χ1v) is 7.64. The second-order valence-corrected chi connectivity index (χ2v) is 5.79. The van der Waals surface area contributed by atoms with E-state index in [1.165, 1.54) is 32.1 Å². The zero-order chi connectivity index (χ0) is 13.7. The molecule has 0 aromatic heterocycles. The maximum absolute atomic E-state index is 12.4. The third-order valence-electron chi connectivity index (χ3n) is 3.93. The highest BCUT2D eigenvalue weighted by Crippen LogP contribution is 2.24. The molecule has 0 saturated heterocycles. The van der Waals surface area contributed by atoms with E-state index in [1.54, 1.807) is 0 Å². The number of halogens is 1. The average Bonchev–Trinajstić information content (AvgIpc) is 2.47. The van der Waals surface area contributed by atoms with Crippen LogP contribution in [0, 0.1) is 5.92 Å². The van der Waals surface area contributed by atoms with Crippen LogP contribution >= 0.6 is 11.6 Å². The molecule has 1 saturated carbocycles. The standard InChI is InChI=1S/C16H22ClNO/c1-18(12-13-6-3-2-4-7-13)16(19)15-9-5-8-14(10-15)11-17/h5,8-10,13H,2-4,6-7,11-12H2,1H3. The Balaban J connectivity index is 1.97. The molecule has 1 aromatic rings. The predicted molar refractivity (Wildman–Crippen MR) is 79.5 cm³/mol. The Morgan fingerprint density at radius 2 is 2.05 bits per heavy atom. The summed E-state index contributed by atoms with van der Waals surface area (Å²) in [6.45, 7) is 0.879. The summed E-state index contributed by atoms with van der Waals surface area (Å²) in [7, 11) is 1.91. The Labute approximate surface area is 120 Å². The van der Waals surface area contributed by atoms with E-state index < -0.39 is 0 Å². The fourth-order valence-corrected chi connectivity index (χ4v) is 3.01. The van der Waals surface area contributed by atoms with Crippen molar-refractivity contribution in [3.05, 3.63) is 35.4 Å². The molecule has 1 aliphatic rings. The monoisotopic (exact) mass is 279 g/mol. The molecule has 2 nitrogen and oxygen atoms in total. The van der Waals surface area contributed by atoms with Gasteiger partial charge in [0.25, 0.3) is 5.91 Å². The van der Waals surface area contributed by atoms with Crippen LogP contribution in [0.25, 0.3) is 0 Å². The molecule has 1 aliphatic carbocycles. The van der Waals surface area contributed by atoms with E-state index in [0.717, 1.165) is 17.7 Å². The highest BCUT2D eigenvalue weighted by atomic mass is 35.5. The Bertz CT molecular complexity index is 427. The predicted octanol–water partition coefficient (Wildman–Crippen LogP) is 4.08. The summed E-state index contributed by atoms with van der Waals surface area (Å²) >= 11 is 5.81. The van der Waals surface area contributed by atoms with Crippen molar-refractivity contribution in [2.45, 2.75) is 38.0 Å². The Morgan fingerprint density at radius 1 is 1.32 bits per heavy atom. The number of carbonyl (C=O) groups excluding carboxylic acids is 1. The lowest BCUT2D eigenvalue weighted by atomic mass is 9.89. The van der Waals surface area contributed by atoms with Gasteiger partial charge in [-0.05, 0) is 36.5 Å². The molecule has 0 heterocycles. The first-order valence-electron chi connectivity index (χ1n) is 7.11. The lowest BCUT2D eigenvalue weighted by molar-refractivity contribution is 0.0760. The van der Waals surface area contributed by atoms with Gasteiger partial charge in [0, 0.05) is 25.0 Å². The molecular weight excluding hydrogens is 258 g/mol. The van der Waals surface area contributed by atoms with E-state index >= 15 is 0 Å². The topological polar surface area (TPSA) is 20.3 Å². The molecule has 1 fully saturated rings. The number of hydrogen-bond donors (Lipinski definition) is 0. The fourth-order valence-electron chi connectivity index (χ4n) is 2.85. The van der Waals surface area contributed by atoms with Crippen LogP contribution < -0.4 is 0 Å². The Morgan fingerprint density at radius 3 is 2.74 bits per heavy atom. The van der Waals surface area contributed by atoms with Crippen molar-refractivity contribution in [2.24, 2.45) is 5.92 Å². The van der Waals surface area contributed by atoms with E-state index in [1.807, 2.05) is 36.2 Å².